The average Bonchev–Trinajstić information content (AvgIpc) is 2.53. The molecule has 1 aromatic carbocycles. The van der Waals surface area contributed by atoms with Gasteiger partial charge in [0.1, 0.15) is 11.3 Å². The molecule has 0 radical (unpaired) electrons. The number of halogens is 1. The molecule has 3 aromatic rings. The van der Waals surface area contributed by atoms with Gasteiger partial charge < -0.3 is 10.1 Å². The molecule has 0 unspecified atom stereocenters. The van der Waals surface area contributed by atoms with Crippen LogP contribution in [0.3, 0.4) is 0 Å². The van der Waals surface area contributed by atoms with Gasteiger partial charge in [0.2, 0.25) is 0 Å². The highest BCUT2D eigenvalue weighted by Crippen LogP contribution is 2.31. The monoisotopic (exact) mass is 300 g/mol. The Labute approximate surface area is 127 Å². The van der Waals surface area contributed by atoms with Crippen LogP contribution in [0.15, 0.2) is 36.7 Å². The van der Waals surface area contributed by atoms with E-state index >= 15 is 0 Å². The number of nitrogens with zero attached hydrogens (tertiary/aromatic N) is 3. The van der Waals surface area contributed by atoms with Gasteiger partial charge in [-0.05, 0) is 24.3 Å². The second-order valence-corrected chi connectivity index (χ2v) is 4.79. The third-order valence-electron chi connectivity index (χ3n) is 3.14. The quantitative estimate of drug-likeness (QED) is 0.803. The first-order valence-corrected chi connectivity index (χ1v) is 6.74. The maximum atomic E-state index is 6.17. The molecule has 3 rings (SSSR count). The van der Waals surface area contributed by atoms with E-state index in [9.17, 15) is 0 Å². The maximum Gasteiger partial charge on any atom is 0.154 e. The summed E-state index contributed by atoms with van der Waals surface area (Å²) >= 11 is 6.17. The Balaban J connectivity index is 2.18. The first-order chi connectivity index (χ1) is 10.2. The van der Waals surface area contributed by atoms with Crippen LogP contribution in [-0.2, 0) is 0 Å². The Hall–Kier alpha value is -2.40. The lowest BCUT2D eigenvalue weighted by atomic mass is 10.1. The molecular formula is C15H13ClN4O. The Morgan fingerprint density at radius 2 is 1.95 bits per heavy atom. The van der Waals surface area contributed by atoms with Crippen LogP contribution in [0.25, 0.3) is 22.3 Å². The number of benzene rings is 1. The lowest BCUT2D eigenvalue weighted by molar-refractivity contribution is 0.415. The molecule has 0 amide bonds. The van der Waals surface area contributed by atoms with Gasteiger partial charge in [-0.25, -0.2) is 9.97 Å². The molecule has 6 heteroatoms. The van der Waals surface area contributed by atoms with Crippen molar-refractivity contribution in [2.75, 3.05) is 19.5 Å². The molecule has 2 heterocycles. The zero-order chi connectivity index (χ0) is 14.8. The van der Waals surface area contributed by atoms with Crippen molar-refractivity contribution in [3.05, 3.63) is 41.7 Å². The van der Waals surface area contributed by atoms with Gasteiger partial charge in [-0.3, -0.25) is 4.98 Å². The zero-order valence-electron chi connectivity index (χ0n) is 11.6. The number of nitrogens with one attached hydrogen (secondary N) is 1. The van der Waals surface area contributed by atoms with E-state index in [1.54, 1.807) is 26.6 Å². The van der Waals surface area contributed by atoms with Gasteiger partial charge in [-0.15, -0.1) is 0 Å². The van der Waals surface area contributed by atoms with E-state index in [0.29, 0.717) is 16.6 Å². The molecule has 0 atom stereocenters. The van der Waals surface area contributed by atoms with E-state index in [1.165, 1.54) is 0 Å². The van der Waals surface area contributed by atoms with E-state index in [0.717, 1.165) is 22.3 Å². The van der Waals surface area contributed by atoms with E-state index in [4.69, 9.17) is 16.3 Å². The number of ether oxygens (including phenoxy) is 1. The van der Waals surface area contributed by atoms with E-state index in [2.05, 4.69) is 20.3 Å². The second-order valence-electron chi connectivity index (χ2n) is 4.38. The zero-order valence-corrected chi connectivity index (χ0v) is 12.3. The summed E-state index contributed by atoms with van der Waals surface area (Å²) in [5.74, 6) is 1.32. The van der Waals surface area contributed by atoms with Gasteiger partial charge in [0.25, 0.3) is 0 Å². The van der Waals surface area contributed by atoms with Crippen molar-refractivity contribution >= 4 is 28.5 Å². The van der Waals surface area contributed by atoms with Crippen LogP contribution in [0, 0.1) is 0 Å². The topological polar surface area (TPSA) is 59.9 Å². The molecule has 0 aliphatic heterocycles. The second kappa shape index (κ2) is 5.54. The van der Waals surface area contributed by atoms with Gasteiger partial charge in [-0.2, -0.15) is 0 Å². The van der Waals surface area contributed by atoms with Crippen LogP contribution in [0.1, 0.15) is 0 Å². The minimum absolute atomic E-state index is 0.544. The van der Waals surface area contributed by atoms with Crippen LogP contribution in [0.2, 0.25) is 5.02 Å². The summed E-state index contributed by atoms with van der Waals surface area (Å²) in [5.41, 5.74) is 3.18. The van der Waals surface area contributed by atoms with Crippen molar-refractivity contribution in [3.63, 3.8) is 0 Å². The minimum Gasteiger partial charge on any atom is -0.495 e. The summed E-state index contributed by atoms with van der Waals surface area (Å²) in [6, 6.07) is 7.44. The van der Waals surface area contributed by atoms with Crippen LogP contribution in [-0.4, -0.2) is 29.1 Å². The summed E-state index contributed by atoms with van der Waals surface area (Å²) < 4.78 is 5.16. The lowest BCUT2D eigenvalue weighted by Gasteiger charge is -2.09. The molecule has 0 saturated carbocycles. The fourth-order valence-electron chi connectivity index (χ4n) is 2.12. The number of pyridine rings is 1. The lowest BCUT2D eigenvalue weighted by Crippen LogP contribution is -1.98. The van der Waals surface area contributed by atoms with Gasteiger partial charge in [0.15, 0.2) is 5.82 Å². The van der Waals surface area contributed by atoms with Crippen LogP contribution >= 0.6 is 11.6 Å². The smallest absolute Gasteiger partial charge is 0.154 e. The Morgan fingerprint density at radius 3 is 2.67 bits per heavy atom. The van der Waals surface area contributed by atoms with Gasteiger partial charge >= 0.3 is 0 Å². The molecule has 0 spiro atoms. The molecule has 0 fully saturated rings. The normalized spacial score (nSPS) is 10.6. The molecule has 2 aromatic heterocycles. The van der Waals surface area contributed by atoms with Crippen molar-refractivity contribution in [2.45, 2.75) is 0 Å². The highest BCUT2D eigenvalue weighted by molar-refractivity contribution is 6.32. The first-order valence-electron chi connectivity index (χ1n) is 6.36. The summed E-state index contributed by atoms with van der Waals surface area (Å²) in [6.45, 7) is 0. The van der Waals surface area contributed by atoms with Crippen LogP contribution in [0.5, 0.6) is 5.75 Å². The molecule has 21 heavy (non-hydrogen) atoms. The third-order valence-corrected chi connectivity index (χ3v) is 3.44. The summed E-state index contributed by atoms with van der Waals surface area (Å²) in [6.07, 6.45) is 3.31. The summed E-state index contributed by atoms with van der Waals surface area (Å²) in [5, 5.41) is 3.59. The largest absolute Gasteiger partial charge is 0.495 e. The highest BCUT2D eigenvalue weighted by atomic mass is 35.5. The van der Waals surface area contributed by atoms with Crippen molar-refractivity contribution in [2.24, 2.45) is 0 Å². The number of anilines is 1. The molecule has 0 saturated heterocycles. The van der Waals surface area contributed by atoms with Crippen molar-refractivity contribution in [1.82, 2.24) is 15.0 Å². The molecular weight excluding hydrogens is 288 g/mol. The van der Waals surface area contributed by atoms with Crippen molar-refractivity contribution in [3.8, 4) is 17.0 Å². The molecule has 0 bridgehead atoms. The molecule has 106 valence electrons. The molecule has 0 aliphatic rings. The SMILES string of the molecule is CNc1nc(-c2ccc(OC)c(Cl)c2)cc2nccnc12. The Bertz CT molecular complexity index is 807. The molecule has 5 nitrogen and oxygen atoms in total. The Morgan fingerprint density at radius 1 is 1.14 bits per heavy atom. The number of fused-ring (bicyclic) bond motifs is 1. The van der Waals surface area contributed by atoms with Crippen molar-refractivity contribution in [1.29, 1.82) is 0 Å². The summed E-state index contributed by atoms with van der Waals surface area (Å²) in [7, 11) is 3.39. The standard InChI is InChI=1S/C15H13ClN4O/c1-17-15-14-12(18-5-6-19-14)8-11(20-15)9-3-4-13(21-2)10(16)7-9/h3-8H,1-2H3,(H,17,20). The predicted octanol–water partition coefficient (Wildman–Crippen LogP) is 3.40. The third kappa shape index (κ3) is 2.48. The van der Waals surface area contributed by atoms with Crippen molar-refractivity contribution < 1.29 is 4.74 Å². The number of rotatable bonds is 3. The molecule has 0 aliphatic carbocycles. The average molecular weight is 301 g/mol. The number of methoxy groups -OCH3 is 1. The van der Waals surface area contributed by atoms with Gasteiger partial charge in [0.05, 0.1) is 23.3 Å². The predicted molar refractivity (Wildman–Crippen MR) is 83.9 cm³/mol. The van der Waals surface area contributed by atoms with E-state index < -0.39 is 0 Å². The maximum absolute atomic E-state index is 6.17. The fraction of sp³-hybridized carbons (Fsp3) is 0.133. The van der Waals surface area contributed by atoms with Crippen LogP contribution < -0.4 is 10.1 Å². The minimum atomic E-state index is 0.544. The van der Waals surface area contributed by atoms with Crippen LogP contribution in [0.4, 0.5) is 5.82 Å². The number of hydrogen-bond acceptors (Lipinski definition) is 5. The Kier molecular flexibility index (Phi) is 3.58. The fourth-order valence-corrected chi connectivity index (χ4v) is 2.38. The number of aromatic nitrogens is 3. The van der Waals surface area contributed by atoms with E-state index in [1.807, 2.05) is 24.3 Å². The molecule has 1 N–H and O–H groups in total. The number of hydrogen-bond donors (Lipinski definition) is 1. The highest BCUT2D eigenvalue weighted by Gasteiger charge is 2.10. The first kappa shape index (κ1) is 13.6. The van der Waals surface area contributed by atoms with E-state index in [-0.39, 0.29) is 0 Å². The van der Waals surface area contributed by atoms with Gasteiger partial charge in [-0.1, -0.05) is 11.6 Å². The summed E-state index contributed by atoms with van der Waals surface area (Å²) in [4.78, 5) is 13.2. The van der Waals surface area contributed by atoms with Gasteiger partial charge in [0, 0.05) is 25.0 Å².